The van der Waals surface area contributed by atoms with Crippen molar-refractivity contribution in [3.8, 4) is 11.8 Å². The summed E-state index contributed by atoms with van der Waals surface area (Å²) in [4.78, 5) is 0. The van der Waals surface area contributed by atoms with Crippen LogP contribution in [0.1, 0.15) is 23.6 Å². The molecule has 0 aromatic heterocycles. The first kappa shape index (κ1) is 25.1. The van der Waals surface area contributed by atoms with Crippen LogP contribution in [0.15, 0.2) is 91.0 Å². The number of methoxy groups -OCH3 is 1. The molecule has 0 aliphatic carbocycles. The van der Waals surface area contributed by atoms with Crippen molar-refractivity contribution < 1.29 is 23.7 Å². The van der Waals surface area contributed by atoms with Crippen LogP contribution < -0.4 is 0 Å². The van der Waals surface area contributed by atoms with Crippen molar-refractivity contribution in [2.45, 2.75) is 57.5 Å². The van der Waals surface area contributed by atoms with E-state index in [1.54, 1.807) is 14.0 Å². The molecule has 1 aliphatic heterocycles. The van der Waals surface area contributed by atoms with Gasteiger partial charge in [0.1, 0.15) is 24.4 Å². The molecule has 1 saturated heterocycles. The van der Waals surface area contributed by atoms with E-state index in [2.05, 4.69) is 11.8 Å². The van der Waals surface area contributed by atoms with Crippen LogP contribution in [0.4, 0.5) is 0 Å². The highest BCUT2D eigenvalue weighted by molar-refractivity contribution is 5.17. The average molecular weight is 473 g/mol. The fourth-order valence-electron chi connectivity index (χ4n) is 4.11. The summed E-state index contributed by atoms with van der Waals surface area (Å²) in [5, 5.41) is 0. The lowest BCUT2D eigenvalue weighted by atomic mass is 9.97. The predicted octanol–water partition coefficient (Wildman–Crippen LogP) is 5.14. The van der Waals surface area contributed by atoms with Crippen molar-refractivity contribution >= 4 is 0 Å². The fourth-order valence-corrected chi connectivity index (χ4v) is 4.11. The van der Waals surface area contributed by atoms with Crippen molar-refractivity contribution in [1.29, 1.82) is 0 Å². The molecule has 0 bridgehead atoms. The van der Waals surface area contributed by atoms with Gasteiger partial charge in [-0.05, 0) is 23.6 Å². The molecule has 182 valence electrons. The second kappa shape index (κ2) is 13.2. The summed E-state index contributed by atoms with van der Waals surface area (Å²) in [7, 11) is 1.61. The SMILES string of the molecule is CC#C[C@H]1O[C@@H](OC)[C@H](OCc2ccccc2)[C@@H](OCc2ccccc2)[C@@H]1OCc1ccccc1. The van der Waals surface area contributed by atoms with Gasteiger partial charge in [-0.25, -0.2) is 0 Å². The highest BCUT2D eigenvalue weighted by Crippen LogP contribution is 2.30. The minimum absolute atomic E-state index is 0.398. The molecule has 5 atom stereocenters. The van der Waals surface area contributed by atoms with Gasteiger partial charge in [-0.15, -0.1) is 5.92 Å². The predicted molar refractivity (Wildman–Crippen MR) is 134 cm³/mol. The van der Waals surface area contributed by atoms with Crippen molar-refractivity contribution in [3.63, 3.8) is 0 Å². The summed E-state index contributed by atoms with van der Waals surface area (Å²) >= 11 is 0. The van der Waals surface area contributed by atoms with Crippen molar-refractivity contribution in [1.82, 2.24) is 0 Å². The smallest absolute Gasteiger partial charge is 0.187 e. The molecule has 1 heterocycles. The molecule has 4 rings (SSSR count). The zero-order valence-corrected chi connectivity index (χ0v) is 20.2. The molecule has 0 unspecified atom stereocenters. The van der Waals surface area contributed by atoms with Crippen LogP contribution in [-0.4, -0.2) is 37.8 Å². The van der Waals surface area contributed by atoms with Crippen molar-refractivity contribution in [2.24, 2.45) is 0 Å². The first-order valence-electron chi connectivity index (χ1n) is 11.9. The maximum absolute atomic E-state index is 6.50. The van der Waals surface area contributed by atoms with Crippen LogP contribution in [-0.2, 0) is 43.5 Å². The van der Waals surface area contributed by atoms with Crippen LogP contribution in [0, 0.1) is 11.8 Å². The summed E-state index contributed by atoms with van der Waals surface area (Å²) in [5.74, 6) is 6.12. The second-order valence-corrected chi connectivity index (χ2v) is 8.34. The highest BCUT2D eigenvalue weighted by Gasteiger charge is 2.48. The van der Waals surface area contributed by atoms with E-state index in [4.69, 9.17) is 23.7 Å². The topological polar surface area (TPSA) is 46.2 Å². The van der Waals surface area contributed by atoms with E-state index in [9.17, 15) is 0 Å². The molecular formula is C30H32O5. The lowest BCUT2D eigenvalue weighted by Crippen LogP contribution is -2.60. The summed E-state index contributed by atoms with van der Waals surface area (Å²) in [6.45, 7) is 3.00. The molecule has 35 heavy (non-hydrogen) atoms. The standard InChI is InChI=1S/C30H32O5/c1-3-13-26-27(32-20-23-14-7-4-8-15-23)28(33-21-24-16-9-5-10-17-24)29(30(31-2)35-26)34-22-25-18-11-6-12-19-25/h4-12,14-19,26-30H,20-22H2,1-2H3/t26-,27-,28+,29-,30-/m1/s1. The molecule has 3 aromatic carbocycles. The third-order valence-electron chi connectivity index (χ3n) is 5.87. The van der Waals surface area contributed by atoms with E-state index >= 15 is 0 Å². The lowest BCUT2D eigenvalue weighted by Gasteiger charge is -2.44. The van der Waals surface area contributed by atoms with Gasteiger partial charge in [0, 0.05) is 7.11 Å². The Balaban J connectivity index is 1.59. The quantitative estimate of drug-likeness (QED) is 0.383. The minimum atomic E-state index is -0.651. The second-order valence-electron chi connectivity index (χ2n) is 8.34. The molecule has 0 amide bonds. The van der Waals surface area contributed by atoms with Crippen molar-refractivity contribution in [2.75, 3.05) is 7.11 Å². The van der Waals surface area contributed by atoms with Crippen molar-refractivity contribution in [3.05, 3.63) is 108 Å². The Kier molecular flexibility index (Phi) is 9.47. The van der Waals surface area contributed by atoms with Gasteiger partial charge in [0.25, 0.3) is 0 Å². The maximum Gasteiger partial charge on any atom is 0.187 e. The molecule has 5 heteroatoms. The average Bonchev–Trinajstić information content (AvgIpc) is 2.92. The molecule has 0 N–H and O–H groups in total. The minimum Gasteiger partial charge on any atom is -0.368 e. The summed E-state index contributed by atoms with van der Waals surface area (Å²) in [6, 6.07) is 30.1. The van der Waals surface area contributed by atoms with E-state index in [1.165, 1.54) is 0 Å². The summed E-state index contributed by atoms with van der Waals surface area (Å²) in [5.41, 5.74) is 3.18. The number of benzene rings is 3. The molecule has 3 aromatic rings. The largest absolute Gasteiger partial charge is 0.368 e. The van der Waals surface area contributed by atoms with E-state index < -0.39 is 30.7 Å². The van der Waals surface area contributed by atoms with Crippen LogP contribution in [0.3, 0.4) is 0 Å². The number of hydrogen-bond donors (Lipinski definition) is 0. The number of ether oxygens (including phenoxy) is 5. The van der Waals surface area contributed by atoms with Crippen LogP contribution in [0.2, 0.25) is 0 Å². The Labute approximate surface area is 207 Å². The Hall–Kier alpha value is -2.98. The molecular weight excluding hydrogens is 440 g/mol. The first-order chi connectivity index (χ1) is 17.3. The summed E-state index contributed by atoms with van der Waals surface area (Å²) < 4.78 is 31.2. The zero-order valence-electron chi connectivity index (χ0n) is 20.2. The monoisotopic (exact) mass is 472 g/mol. The van der Waals surface area contributed by atoms with Gasteiger partial charge in [0.2, 0.25) is 0 Å². The van der Waals surface area contributed by atoms with Gasteiger partial charge in [-0.1, -0.05) is 96.9 Å². The van der Waals surface area contributed by atoms with E-state index in [-0.39, 0.29) is 0 Å². The van der Waals surface area contributed by atoms with E-state index in [0.717, 1.165) is 16.7 Å². The molecule has 1 aliphatic rings. The first-order valence-corrected chi connectivity index (χ1v) is 11.9. The molecule has 0 spiro atoms. The van der Waals surface area contributed by atoms with E-state index in [1.807, 2.05) is 91.0 Å². The van der Waals surface area contributed by atoms with Gasteiger partial charge >= 0.3 is 0 Å². The van der Waals surface area contributed by atoms with Crippen LogP contribution in [0.5, 0.6) is 0 Å². The Morgan fingerprint density at radius 1 is 0.629 bits per heavy atom. The van der Waals surface area contributed by atoms with Gasteiger partial charge < -0.3 is 23.7 Å². The van der Waals surface area contributed by atoms with Crippen LogP contribution >= 0.6 is 0 Å². The Bertz CT molecular complexity index is 1060. The molecule has 0 radical (unpaired) electrons. The number of hydrogen-bond acceptors (Lipinski definition) is 5. The third-order valence-corrected chi connectivity index (χ3v) is 5.87. The van der Waals surface area contributed by atoms with Gasteiger partial charge in [0.05, 0.1) is 19.8 Å². The van der Waals surface area contributed by atoms with Gasteiger partial charge in [-0.2, -0.15) is 0 Å². The fraction of sp³-hybridized carbons (Fsp3) is 0.333. The molecule has 0 saturated carbocycles. The third kappa shape index (κ3) is 7.02. The zero-order chi connectivity index (χ0) is 24.3. The summed E-state index contributed by atoms with van der Waals surface area (Å²) in [6.07, 6.45) is -2.63. The molecule has 5 nitrogen and oxygen atoms in total. The van der Waals surface area contributed by atoms with Gasteiger partial charge in [0.15, 0.2) is 6.29 Å². The van der Waals surface area contributed by atoms with Gasteiger partial charge in [-0.3, -0.25) is 0 Å². The normalized spacial score (nSPS) is 23.9. The highest BCUT2D eigenvalue weighted by atomic mass is 16.7. The molecule has 1 fully saturated rings. The lowest BCUT2D eigenvalue weighted by molar-refractivity contribution is -0.307. The van der Waals surface area contributed by atoms with E-state index in [0.29, 0.717) is 19.8 Å². The number of rotatable bonds is 10. The Morgan fingerprint density at radius 3 is 1.49 bits per heavy atom. The maximum atomic E-state index is 6.50. The van der Waals surface area contributed by atoms with Crippen LogP contribution in [0.25, 0.3) is 0 Å². The Morgan fingerprint density at radius 2 is 1.06 bits per heavy atom.